The van der Waals surface area contributed by atoms with Crippen LogP contribution in [0.4, 0.5) is 0 Å². The molecule has 3 heterocycles. The smallest absolute Gasteiger partial charge is 0.214 e. The molecule has 7 nitrogen and oxygen atoms in total. The number of nitrogens with zero attached hydrogens (tertiary/aromatic N) is 4. The van der Waals surface area contributed by atoms with Crippen molar-refractivity contribution in [3.8, 4) is 16.9 Å². The highest BCUT2D eigenvalue weighted by Crippen LogP contribution is 2.23. The molecular weight excluding hydrogens is 374 g/mol. The van der Waals surface area contributed by atoms with Crippen LogP contribution in [0.5, 0.6) is 0 Å². The number of rotatable bonds is 7. The Kier molecular flexibility index (Phi) is 5.52. The molecule has 1 aromatic carbocycles. The molecule has 28 heavy (non-hydrogen) atoms. The van der Waals surface area contributed by atoms with Crippen molar-refractivity contribution < 1.29 is 8.42 Å². The van der Waals surface area contributed by atoms with Crippen LogP contribution in [0.1, 0.15) is 12.0 Å². The lowest BCUT2D eigenvalue weighted by molar-refractivity contribution is 0.434. The lowest BCUT2D eigenvalue weighted by Crippen LogP contribution is -2.33. The van der Waals surface area contributed by atoms with E-state index < -0.39 is 10.0 Å². The van der Waals surface area contributed by atoms with E-state index in [1.807, 2.05) is 53.3 Å². The molecular formula is C20H23N5O2S. The number of pyridine rings is 1. The van der Waals surface area contributed by atoms with E-state index in [9.17, 15) is 8.42 Å². The molecule has 1 N–H and O–H groups in total. The molecule has 1 aliphatic rings. The highest BCUT2D eigenvalue weighted by Gasteiger charge is 2.27. The topological polar surface area (TPSA) is 80.1 Å². The third-order valence-corrected chi connectivity index (χ3v) is 6.76. The van der Waals surface area contributed by atoms with Crippen molar-refractivity contribution in [3.05, 3.63) is 66.6 Å². The van der Waals surface area contributed by atoms with Gasteiger partial charge in [0.05, 0.1) is 17.1 Å². The molecule has 0 amide bonds. The first-order valence-electron chi connectivity index (χ1n) is 9.36. The molecule has 4 rings (SSSR count). The third kappa shape index (κ3) is 4.14. The van der Waals surface area contributed by atoms with Gasteiger partial charge in [0, 0.05) is 55.9 Å². The van der Waals surface area contributed by atoms with Crippen molar-refractivity contribution in [2.45, 2.75) is 13.0 Å². The van der Waals surface area contributed by atoms with Gasteiger partial charge in [0.1, 0.15) is 0 Å². The zero-order chi connectivity index (χ0) is 19.4. The Labute approximate surface area is 165 Å². The number of para-hydroxylation sites is 1. The Hall–Kier alpha value is -2.55. The summed E-state index contributed by atoms with van der Waals surface area (Å²) in [5.74, 6) is 0.266. The summed E-state index contributed by atoms with van der Waals surface area (Å²) in [6.45, 7) is 2.32. The number of nitrogens with one attached hydrogen (secondary N) is 1. The Balaban J connectivity index is 1.50. The largest absolute Gasteiger partial charge is 0.311 e. The van der Waals surface area contributed by atoms with Crippen LogP contribution in [-0.2, 0) is 16.6 Å². The zero-order valence-corrected chi connectivity index (χ0v) is 16.3. The summed E-state index contributed by atoms with van der Waals surface area (Å²) in [5, 5.41) is 8.12. The number of hydrogen-bond acceptors (Lipinski definition) is 5. The van der Waals surface area contributed by atoms with E-state index in [-0.39, 0.29) is 5.75 Å². The summed E-state index contributed by atoms with van der Waals surface area (Å²) < 4.78 is 27.2. The monoisotopic (exact) mass is 397 g/mol. The van der Waals surface area contributed by atoms with Crippen LogP contribution in [0, 0.1) is 0 Å². The summed E-state index contributed by atoms with van der Waals surface area (Å²) in [7, 11) is -3.05. The highest BCUT2D eigenvalue weighted by molar-refractivity contribution is 7.89. The summed E-state index contributed by atoms with van der Waals surface area (Å²) in [6.07, 6.45) is 6.28. The summed E-state index contributed by atoms with van der Waals surface area (Å²) in [5.41, 5.74) is 3.86. The SMILES string of the molecule is O=S1(=O)CCCN1CCNCc1cn(-c2ccccc2)nc1-c1cccnc1. The minimum Gasteiger partial charge on any atom is -0.311 e. The lowest BCUT2D eigenvalue weighted by Gasteiger charge is -2.14. The predicted octanol–water partition coefficient (Wildman–Crippen LogP) is 2.06. The van der Waals surface area contributed by atoms with Crippen LogP contribution in [0.15, 0.2) is 61.1 Å². The first-order valence-corrected chi connectivity index (χ1v) is 11.0. The molecule has 0 unspecified atom stereocenters. The van der Waals surface area contributed by atoms with Crippen LogP contribution >= 0.6 is 0 Å². The summed E-state index contributed by atoms with van der Waals surface area (Å²) in [4.78, 5) is 4.21. The van der Waals surface area contributed by atoms with Crippen LogP contribution in [0.2, 0.25) is 0 Å². The third-order valence-electron chi connectivity index (χ3n) is 4.80. The molecule has 1 saturated heterocycles. The number of hydrogen-bond donors (Lipinski definition) is 1. The second-order valence-electron chi connectivity index (χ2n) is 6.77. The normalized spacial score (nSPS) is 16.4. The first-order chi connectivity index (χ1) is 13.6. The van der Waals surface area contributed by atoms with E-state index in [1.165, 1.54) is 0 Å². The maximum atomic E-state index is 11.9. The van der Waals surface area contributed by atoms with Crippen LogP contribution in [-0.4, -0.2) is 52.9 Å². The van der Waals surface area contributed by atoms with Gasteiger partial charge in [-0.1, -0.05) is 18.2 Å². The summed E-state index contributed by atoms with van der Waals surface area (Å²) in [6, 6.07) is 13.8. The van der Waals surface area contributed by atoms with E-state index in [0.717, 1.165) is 28.9 Å². The van der Waals surface area contributed by atoms with Crippen molar-refractivity contribution in [2.75, 3.05) is 25.4 Å². The molecule has 3 aromatic rings. The van der Waals surface area contributed by atoms with Crippen LogP contribution in [0.3, 0.4) is 0 Å². The quantitative estimate of drug-likeness (QED) is 0.618. The average Bonchev–Trinajstić information content (AvgIpc) is 3.29. The van der Waals surface area contributed by atoms with Gasteiger partial charge in [-0.3, -0.25) is 4.98 Å². The van der Waals surface area contributed by atoms with Gasteiger partial charge in [-0.25, -0.2) is 17.4 Å². The van der Waals surface area contributed by atoms with E-state index in [1.54, 1.807) is 16.7 Å². The Morgan fingerprint density at radius 3 is 2.68 bits per heavy atom. The Morgan fingerprint density at radius 2 is 1.96 bits per heavy atom. The van der Waals surface area contributed by atoms with Crippen molar-refractivity contribution >= 4 is 10.0 Å². The van der Waals surface area contributed by atoms with Gasteiger partial charge >= 0.3 is 0 Å². The lowest BCUT2D eigenvalue weighted by atomic mass is 10.1. The zero-order valence-electron chi connectivity index (χ0n) is 15.5. The van der Waals surface area contributed by atoms with E-state index in [0.29, 0.717) is 26.2 Å². The number of sulfonamides is 1. The first kappa shape index (κ1) is 18.8. The van der Waals surface area contributed by atoms with Crippen LogP contribution in [0.25, 0.3) is 16.9 Å². The van der Waals surface area contributed by atoms with Crippen molar-refractivity contribution in [1.82, 2.24) is 24.4 Å². The van der Waals surface area contributed by atoms with Gasteiger partial charge in [0.2, 0.25) is 10.0 Å². The standard InChI is InChI=1S/C20H23N5O2S/c26-28(27)13-5-11-24(28)12-10-22-15-18-16-25(19-7-2-1-3-8-19)23-20(18)17-6-4-9-21-14-17/h1-4,6-9,14,16,22H,5,10-13,15H2. The fourth-order valence-electron chi connectivity index (χ4n) is 3.37. The fraction of sp³-hybridized carbons (Fsp3) is 0.300. The van der Waals surface area contributed by atoms with E-state index >= 15 is 0 Å². The second-order valence-corrected chi connectivity index (χ2v) is 8.86. The fourth-order valence-corrected chi connectivity index (χ4v) is 4.90. The molecule has 146 valence electrons. The van der Waals surface area contributed by atoms with Crippen LogP contribution < -0.4 is 5.32 Å². The average molecular weight is 398 g/mol. The predicted molar refractivity (Wildman–Crippen MR) is 108 cm³/mol. The maximum Gasteiger partial charge on any atom is 0.214 e. The minimum absolute atomic E-state index is 0.266. The van der Waals surface area contributed by atoms with E-state index in [4.69, 9.17) is 5.10 Å². The Morgan fingerprint density at radius 1 is 1.11 bits per heavy atom. The molecule has 1 fully saturated rings. The van der Waals surface area contributed by atoms with Gasteiger partial charge in [-0.05, 0) is 30.7 Å². The Bertz CT molecular complexity index is 1020. The van der Waals surface area contributed by atoms with Crippen molar-refractivity contribution in [3.63, 3.8) is 0 Å². The van der Waals surface area contributed by atoms with E-state index in [2.05, 4.69) is 10.3 Å². The molecule has 0 bridgehead atoms. The molecule has 2 aromatic heterocycles. The molecule has 0 aliphatic carbocycles. The molecule has 0 atom stereocenters. The van der Waals surface area contributed by atoms with Gasteiger partial charge in [0.25, 0.3) is 0 Å². The van der Waals surface area contributed by atoms with Gasteiger partial charge in [-0.2, -0.15) is 5.10 Å². The highest BCUT2D eigenvalue weighted by atomic mass is 32.2. The van der Waals surface area contributed by atoms with Crippen molar-refractivity contribution in [1.29, 1.82) is 0 Å². The number of benzene rings is 1. The maximum absolute atomic E-state index is 11.9. The van der Waals surface area contributed by atoms with Gasteiger partial charge < -0.3 is 5.32 Å². The van der Waals surface area contributed by atoms with Gasteiger partial charge in [0.15, 0.2) is 0 Å². The van der Waals surface area contributed by atoms with Crippen molar-refractivity contribution in [2.24, 2.45) is 0 Å². The minimum atomic E-state index is -3.05. The molecule has 0 spiro atoms. The second kappa shape index (κ2) is 8.22. The summed E-state index contributed by atoms with van der Waals surface area (Å²) >= 11 is 0. The molecule has 1 aliphatic heterocycles. The molecule has 0 radical (unpaired) electrons. The number of aromatic nitrogens is 3. The molecule has 8 heteroatoms. The van der Waals surface area contributed by atoms with Gasteiger partial charge in [-0.15, -0.1) is 0 Å². The molecule has 0 saturated carbocycles.